The number of carbonyl (C=O) groups excluding carboxylic acids is 1. The normalized spacial score (nSPS) is 30.9. The molecule has 3 rings (SSSR count). The minimum absolute atomic E-state index is 0.00231. The lowest BCUT2D eigenvalue weighted by Crippen LogP contribution is -2.42. The third kappa shape index (κ3) is 3.36. The van der Waals surface area contributed by atoms with Gasteiger partial charge in [0.15, 0.2) is 0 Å². The number of carbonyl (C=O) groups is 1. The monoisotopic (exact) mass is 343 g/mol. The Kier molecular flexibility index (Phi) is 4.02. The Balaban J connectivity index is 1.72. The maximum Gasteiger partial charge on any atom is 0.573 e. The van der Waals surface area contributed by atoms with E-state index in [0.29, 0.717) is 44.3 Å². The van der Waals surface area contributed by atoms with E-state index in [2.05, 4.69) is 4.74 Å². The van der Waals surface area contributed by atoms with Crippen LogP contribution in [-0.4, -0.2) is 29.5 Å². The Hall–Kier alpha value is -1.76. The maximum absolute atomic E-state index is 12.8. The Morgan fingerprint density at radius 1 is 1.08 bits per heavy atom. The second-order valence-electron chi connectivity index (χ2n) is 7.03. The molecule has 4 nitrogen and oxygen atoms in total. The van der Waals surface area contributed by atoms with Crippen LogP contribution in [0.5, 0.6) is 5.75 Å². The highest BCUT2D eigenvalue weighted by Gasteiger charge is 2.50. The molecule has 2 aliphatic rings. The molecule has 1 amide bonds. The fourth-order valence-corrected chi connectivity index (χ4v) is 3.63. The van der Waals surface area contributed by atoms with Crippen LogP contribution in [-0.2, 0) is 4.79 Å². The summed E-state index contributed by atoms with van der Waals surface area (Å²) in [6.45, 7) is 2.33. The van der Waals surface area contributed by atoms with Crippen molar-refractivity contribution in [1.29, 1.82) is 0 Å². The first kappa shape index (κ1) is 17.1. The SMILES string of the molecule is CC1(O)CCC2(CCN(c3ccc(OC(F)(F)F)cc3)C2=O)CC1. The lowest BCUT2D eigenvalue weighted by Gasteiger charge is -2.38. The second-order valence-corrected chi connectivity index (χ2v) is 7.03. The molecule has 132 valence electrons. The van der Waals surface area contributed by atoms with Crippen LogP contribution in [0.4, 0.5) is 18.9 Å². The summed E-state index contributed by atoms with van der Waals surface area (Å²) in [7, 11) is 0. The number of hydrogen-bond acceptors (Lipinski definition) is 3. The first-order valence-corrected chi connectivity index (χ1v) is 8.01. The molecule has 0 atom stereocenters. The van der Waals surface area contributed by atoms with E-state index >= 15 is 0 Å². The molecule has 0 aromatic heterocycles. The highest BCUT2D eigenvalue weighted by molar-refractivity contribution is 6.00. The summed E-state index contributed by atoms with van der Waals surface area (Å²) in [5.74, 6) is -0.302. The van der Waals surface area contributed by atoms with Gasteiger partial charge in [-0.05, 0) is 63.3 Å². The van der Waals surface area contributed by atoms with Crippen molar-refractivity contribution in [2.45, 2.75) is 51.0 Å². The minimum Gasteiger partial charge on any atom is -0.406 e. The van der Waals surface area contributed by atoms with Crippen LogP contribution in [0.1, 0.15) is 39.0 Å². The lowest BCUT2D eigenvalue weighted by atomic mass is 9.68. The molecule has 1 N–H and O–H groups in total. The molecule has 0 radical (unpaired) electrons. The number of nitrogens with zero attached hydrogens (tertiary/aromatic N) is 1. The van der Waals surface area contributed by atoms with Crippen LogP contribution >= 0.6 is 0 Å². The van der Waals surface area contributed by atoms with E-state index in [0.717, 1.165) is 0 Å². The molecule has 24 heavy (non-hydrogen) atoms. The van der Waals surface area contributed by atoms with Gasteiger partial charge in [-0.25, -0.2) is 0 Å². The van der Waals surface area contributed by atoms with Crippen molar-refractivity contribution in [3.05, 3.63) is 24.3 Å². The first-order valence-electron chi connectivity index (χ1n) is 8.01. The van der Waals surface area contributed by atoms with Gasteiger partial charge >= 0.3 is 6.36 Å². The third-order valence-electron chi connectivity index (χ3n) is 5.18. The molecule has 1 aromatic rings. The van der Waals surface area contributed by atoms with E-state index in [1.807, 2.05) is 0 Å². The van der Waals surface area contributed by atoms with E-state index in [4.69, 9.17) is 0 Å². The van der Waals surface area contributed by atoms with Gasteiger partial charge in [0.2, 0.25) is 5.91 Å². The Labute approximate surface area is 138 Å². The topological polar surface area (TPSA) is 49.8 Å². The van der Waals surface area contributed by atoms with Crippen molar-refractivity contribution < 1.29 is 27.8 Å². The zero-order valence-electron chi connectivity index (χ0n) is 13.4. The van der Waals surface area contributed by atoms with Gasteiger partial charge in [-0.1, -0.05) is 0 Å². The average Bonchev–Trinajstić information content (AvgIpc) is 2.80. The van der Waals surface area contributed by atoms with Crippen molar-refractivity contribution in [2.24, 2.45) is 5.41 Å². The number of anilines is 1. The van der Waals surface area contributed by atoms with Gasteiger partial charge in [0.05, 0.1) is 11.0 Å². The summed E-state index contributed by atoms with van der Waals surface area (Å²) in [5.41, 5.74) is -0.581. The zero-order valence-corrected chi connectivity index (χ0v) is 13.4. The predicted molar refractivity (Wildman–Crippen MR) is 81.6 cm³/mol. The van der Waals surface area contributed by atoms with Gasteiger partial charge in [0.25, 0.3) is 0 Å². The Bertz CT molecular complexity index is 615. The van der Waals surface area contributed by atoms with Crippen LogP contribution in [0.15, 0.2) is 24.3 Å². The number of alkyl halides is 3. The van der Waals surface area contributed by atoms with Crippen LogP contribution in [0.2, 0.25) is 0 Å². The molecule has 1 aromatic carbocycles. The molecule has 1 aliphatic carbocycles. The largest absolute Gasteiger partial charge is 0.573 e. The first-order chi connectivity index (χ1) is 11.1. The highest BCUT2D eigenvalue weighted by atomic mass is 19.4. The fraction of sp³-hybridized carbons (Fsp3) is 0.588. The van der Waals surface area contributed by atoms with Crippen molar-refractivity contribution >= 4 is 11.6 Å². The molecule has 1 saturated heterocycles. The highest BCUT2D eigenvalue weighted by Crippen LogP contribution is 2.48. The summed E-state index contributed by atoms with van der Waals surface area (Å²) in [4.78, 5) is 14.5. The van der Waals surface area contributed by atoms with Gasteiger partial charge in [-0.2, -0.15) is 0 Å². The number of aliphatic hydroxyl groups is 1. The molecule has 1 heterocycles. The van der Waals surface area contributed by atoms with Gasteiger partial charge in [0.1, 0.15) is 5.75 Å². The number of rotatable bonds is 2. The van der Waals surface area contributed by atoms with E-state index in [9.17, 15) is 23.1 Å². The lowest BCUT2D eigenvalue weighted by molar-refractivity contribution is -0.274. The molecular weight excluding hydrogens is 323 g/mol. The molecule has 1 aliphatic heterocycles. The van der Waals surface area contributed by atoms with Crippen molar-refractivity contribution in [1.82, 2.24) is 0 Å². The zero-order chi connectivity index (χ0) is 17.6. The third-order valence-corrected chi connectivity index (χ3v) is 5.18. The summed E-state index contributed by atoms with van der Waals surface area (Å²) < 4.78 is 40.4. The molecule has 1 spiro atoms. The molecular formula is C17H20F3NO3. The number of ether oxygens (including phenoxy) is 1. The smallest absolute Gasteiger partial charge is 0.406 e. The Morgan fingerprint density at radius 3 is 2.21 bits per heavy atom. The molecule has 1 saturated carbocycles. The number of amides is 1. The van der Waals surface area contributed by atoms with Crippen molar-refractivity contribution in [3.63, 3.8) is 0 Å². The van der Waals surface area contributed by atoms with Gasteiger partial charge in [-0.3, -0.25) is 4.79 Å². The van der Waals surface area contributed by atoms with Crippen molar-refractivity contribution in [3.8, 4) is 5.75 Å². The van der Waals surface area contributed by atoms with E-state index in [1.54, 1.807) is 11.8 Å². The van der Waals surface area contributed by atoms with Crippen LogP contribution < -0.4 is 9.64 Å². The van der Waals surface area contributed by atoms with Crippen LogP contribution in [0, 0.1) is 5.41 Å². The van der Waals surface area contributed by atoms with Gasteiger partial charge < -0.3 is 14.7 Å². The minimum atomic E-state index is -4.73. The van der Waals surface area contributed by atoms with Crippen LogP contribution in [0.3, 0.4) is 0 Å². The summed E-state index contributed by atoms with van der Waals surface area (Å²) in [5, 5.41) is 10.1. The summed E-state index contributed by atoms with van der Waals surface area (Å²) >= 11 is 0. The van der Waals surface area contributed by atoms with Gasteiger partial charge in [-0.15, -0.1) is 13.2 Å². The maximum atomic E-state index is 12.8. The number of hydrogen-bond donors (Lipinski definition) is 1. The van der Waals surface area contributed by atoms with E-state index in [1.165, 1.54) is 24.3 Å². The molecule has 2 fully saturated rings. The van der Waals surface area contributed by atoms with E-state index < -0.39 is 17.4 Å². The van der Waals surface area contributed by atoms with Crippen molar-refractivity contribution in [2.75, 3.05) is 11.4 Å². The molecule has 0 unspecified atom stereocenters. The molecule has 0 bridgehead atoms. The number of halogens is 3. The number of benzene rings is 1. The van der Waals surface area contributed by atoms with Crippen LogP contribution in [0.25, 0.3) is 0 Å². The second kappa shape index (κ2) is 5.65. The standard InChI is InChI=1S/C17H20F3NO3/c1-15(23)6-8-16(9-7-15)10-11-21(14(16)22)12-2-4-13(5-3-12)24-17(18,19)20/h2-5,23H,6-11H2,1H3. The Morgan fingerprint density at radius 2 is 1.67 bits per heavy atom. The van der Waals surface area contributed by atoms with Gasteiger partial charge in [0, 0.05) is 12.2 Å². The quantitative estimate of drug-likeness (QED) is 0.892. The fourth-order valence-electron chi connectivity index (χ4n) is 3.63. The summed E-state index contributed by atoms with van der Waals surface area (Å²) in [6.07, 6.45) is -1.55. The van der Waals surface area contributed by atoms with E-state index in [-0.39, 0.29) is 11.7 Å². The average molecular weight is 343 g/mol. The summed E-state index contributed by atoms with van der Waals surface area (Å²) in [6, 6.07) is 5.37. The predicted octanol–water partition coefficient (Wildman–Crippen LogP) is 3.63. The molecule has 7 heteroatoms.